The zero-order valence-electron chi connectivity index (χ0n) is 5.83. The van der Waals surface area contributed by atoms with Crippen LogP contribution in [0.5, 0.6) is 0 Å². The Morgan fingerprint density at radius 3 is 2.90 bits per heavy atom. The summed E-state index contributed by atoms with van der Waals surface area (Å²) in [6.07, 6.45) is 7.72. The van der Waals surface area contributed by atoms with Crippen LogP contribution < -0.4 is 0 Å². The third kappa shape index (κ3) is 2.42. The molecule has 3 heteroatoms. The summed E-state index contributed by atoms with van der Waals surface area (Å²) in [5.41, 5.74) is -0.267. The molecule has 0 aromatic rings. The Balaban J connectivity index is 2.30. The van der Waals surface area contributed by atoms with E-state index in [1.165, 1.54) is 0 Å². The molecule has 0 radical (unpaired) electrons. The molecule has 1 aliphatic heterocycles. The molecule has 1 unspecified atom stereocenters. The number of alkyl halides is 1. The smallest absolute Gasteiger partial charge is 0.156 e. The van der Waals surface area contributed by atoms with Crippen LogP contribution in [0.1, 0.15) is 6.92 Å². The quantitative estimate of drug-likeness (QED) is 0.571. The topological polar surface area (TPSA) is 12.5 Å². The Kier molecular flexibility index (Phi) is 2.78. The summed E-state index contributed by atoms with van der Waals surface area (Å²) in [6, 6.07) is 0. The van der Waals surface area contributed by atoms with E-state index in [-0.39, 0.29) is 5.56 Å². The predicted octanol–water partition coefficient (Wildman–Crippen LogP) is 1.89. The lowest BCUT2D eigenvalue weighted by Gasteiger charge is -2.20. The third-order valence-electron chi connectivity index (χ3n) is 1.07. The first kappa shape index (κ1) is 7.63. The van der Waals surface area contributed by atoms with E-state index >= 15 is 0 Å². The number of nitrogens with zero attached hydrogens (tertiary/aromatic N) is 1. The van der Waals surface area contributed by atoms with Crippen LogP contribution in [0.3, 0.4) is 0 Å². The molecular formula is C7H10ClNO. The third-order valence-corrected chi connectivity index (χ3v) is 1.15. The molecule has 1 rings (SSSR count). The lowest BCUT2D eigenvalue weighted by Crippen LogP contribution is -2.22. The molecule has 0 amide bonds. The summed E-state index contributed by atoms with van der Waals surface area (Å²) < 4.78 is 0. The van der Waals surface area contributed by atoms with E-state index in [0.717, 1.165) is 6.54 Å². The van der Waals surface area contributed by atoms with Gasteiger partial charge < -0.3 is 0 Å². The van der Waals surface area contributed by atoms with E-state index in [0.29, 0.717) is 0 Å². The molecule has 0 aromatic heterocycles. The lowest BCUT2D eigenvalue weighted by atomic mass is 10.4. The second-order valence-corrected chi connectivity index (χ2v) is 2.63. The Bertz CT molecular complexity index is 154. The summed E-state index contributed by atoms with van der Waals surface area (Å²) in [4.78, 5) is 5.15. The molecule has 0 N–H and O–H groups in total. The highest BCUT2D eigenvalue weighted by atomic mass is 35.5. The SMILES string of the molecule is CC(Cl)ON1C=CC=CC1. The van der Waals surface area contributed by atoms with Gasteiger partial charge in [-0.25, -0.2) is 0 Å². The molecule has 0 aliphatic carbocycles. The fourth-order valence-corrected chi connectivity index (χ4v) is 0.817. The van der Waals surface area contributed by atoms with Gasteiger partial charge in [0.2, 0.25) is 0 Å². The van der Waals surface area contributed by atoms with Gasteiger partial charge in [0.15, 0.2) is 5.56 Å². The van der Waals surface area contributed by atoms with Crippen molar-refractivity contribution in [3.63, 3.8) is 0 Å². The standard InChI is InChI=1S/C7H10ClNO/c1-7(8)10-9-5-3-2-4-6-9/h2-5,7H,6H2,1H3. The number of halogens is 1. The number of allylic oxidation sites excluding steroid dienone is 2. The van der Waals surface area contributed by atoms with Gasteiger partial charge in [0.05, 0.1) is 6.54 Å². The average molecular weight is 160 g/mol. The normalized spacial score (nSPS) is 19.6. The van der Waals surface area contributed by atoms with E-state index in [4.69, 9.17) is 16.4 Å². The zero-order chi connectivity index (χ0) is 7.40. The van der Waals surface area contributed by atoms with Crippen molar-refractivity contribution in [3.05, 3.63) is 24.4 Å². The van der Waals surface area contributed by atoms with E-state index in [9.17, 15) is 0 Å². The van der Waals surface area contributed by atoms with Crippen LogP contribution in [0, 0.1) is 0 Å². The van der Waals surface area contributed by atoms with E-state index in [2.05, 4.69) is 0 Å². The van der Waals surface area contributed by atoms with Gasteiger partial charge in [-0.1, -0.05) is 23.8 Å². The summed E-state index contributed by atoms with van der Waals surface area (Å²) >= 11 is 5.59. The van der Waals surface area contributed by atoms with Crippen molar-refractivity contribution < 1.29 is 4.84 Å². The molecule has 0 saturated heterocycles. The van der Waals surface area contributed by atoms with Crippen molar-refractivity contribution >= 4 is 11.6 Å². The number of hydroxylamine groups is 2. The van der Waals surface area contributed by atoms with Crippen LogP contribution in [-0.4, -0.2) is 17.2 Å². The molecule has 2 nitrogen and oxygen atoms in total. The molecule has 1 atom stereocenters. The predicted molar refractivity (Wildman–Crippen MR) is 41.4 cm³/mol. The minimum Gasteiger partial charge on any atom is -0.256 e. The van der Waals surface area contributed by atoms with Crippen molar-refractivity contribution in [1.29, 1.82) is 0 Å². The lowest BCUT2D eigenvalue weighted by molar-refractivity contribution is -0.124. The monoisotopic (exact) mass is 159 g/mol. The average Bonchev–Trinajstić information content (AvgIpc) is 1.88. The summed E-state index contributed by atoms with van der Waals surface area (Å²) in [5.74, 6) is 0. The van der Waals surface area contributed by atoms with Crippen molar-refractivity contribution in [2.75, 3.05) is 6.54 Å². The van der Waals surface area contributed by atoms with Crippen LogP contribution in [0.2, 0.25) is 0 Å². The van der Waals surface area contributed by atoms with Gasteiger partial charge in [-0.15, -0.1) is 0 Å². The molecule has 0 bridgehead atoms. The van der Waals surface area contributed by atoms with E-state index < -0.39 is 0 Å². The van der Waals surface area contributed by atoms with Gasteiger partial charge in [-0.3, -0.25) is 9.90 Å². The van der Waals surface area contributed by atoms with Crippen molar-refractivity contribution in [2.45, 2.75) is 12.5 Å². The van der Waals surface area contributed by atoms with Crippen molar-refractivity contribution in [1.82, 2.24) is 5.06 Å². The van der Waals surface area contributed by atoms with Gasteiger partial charge in [-0.05, 0) is 13.0 Å². The Morgan fingerprint density at radius 1 is 1.60 bits per heavy atom. The molecule has 0 aromatic carbocycles. The molecule has 0 fully saturated rings. The summed E-state index contributed by atoms with van der Waals surface area (Å²) in [7, 11) is 0. The minimum absolute atomic E-state index is 0.267. The minimum atomic E-state index is -0.267. The molecule has 1 heterocycles. The fraction of sp³-hybridized carbons (Fsp3) is 0.429. The van der Waals surface area contributed by atoms with Crippen LogP contribution in [-0.2, 0) is 4.84 Å². The van der Waals surface area contributed by atoms with Crippen molar-refractivity contribution in [3.8, 4) is 0 Å². The van der Waals surface area contributed by atoms with Crippen LogP contribution in [0.15, 0.2) is 24.4 Å². The highest BCUT2D eigenvalue weighted by Gasteiger charge is 2.02. The first-order valence-corrected chi connectivity index (χ1v) is 3.63. The molecule has 56 valence electrons. The number of rotatable bonds is 2. The number of hydrogen-bond acceptors (Lipinski definition) is 2. The highest BCUT2D eigenvalue weighted by molar-refractivity contribution is 6.19. The first-order chi connectivity index (χ1) is 4.79. The highest BCUT2D eigenvalue weighted by Crippen LogP contribution is 2.04. The largest absolute Gasteiger partial charge is 0.256 e. The van der Waals surface area contributed by atoms with Gasteiger partial charge >= 0.3 is 0 Å². The van der Waals surface area contributed by atoms with Gasteiger partial charge in [0.1, 0.15) is 0 Å². The second-order valence-electron chi connectivity index (χ2n) is 2.02. The van der Waals surface area contributed by atoms with Gasteiger partial charge in [0, 0.05) is 6.20 Å². The Morgan fingerprint density at radius 2 is 2.40 bits per heavy atom. The summed E-state index contributed by atoms with van der Waals surface area (Å²) in [6.45, 7) is 2.56. The Labute approximate surface area is 65.7 Å². The second kappa shape index (κ2) is 3.64. The first-order valence-electron chi connectivity index (χ1n) is 3.20. The number of hydrogen-bond donors (Lipinski definition) is 0. The Hall–Kier alpha value is -0.470. The summed E-state index contributed by atoms with van der Waals surface area (Å²) in [5, 5.41) is 1.69. The molecule has 0 saturated carbocycles. The van der Waals surface area contributed by atoms with Crippen LogP contribution in [0.25, 0.3) is 0 Å². The van der Waals surface area contributed by atoms with Gasteiger partial charge in [-0.2, -0.15) is 0 Å². The fourth-order valence-electron chi connectivity index (χ4n) is 0.715. The van der Waals surface area contributed by atoms with Crippen LogP contribution in [0.4, 0.5) is 0 Å². The maximum Gasteiger partial charge on any atom is 0.156 e. The molecular weight excluding hydrogens is 150 g/mol. The maximum atomic E-state index is 5.59. The zero-order valence-corrected chi connectivity index (χ0v) is 6.58. The van der Waals surface area contributed by atoms with Crippen LogP contribution >= 0.6 is 11.6 Å². The molecule has 1 aliphatic rings. The van der Waals surface area contributed by atoms with Gasteiger partial charge in [0.25, 0.3) is 0 Å². The van der Waals surface area contributed by atoms with Crippen molar-refractivity contribution in [2.24, 2.45) is 0 Å². The maximum absolute atomic E-state index is 5.59. The molecule has 0 spiro atoms. The van der Waals surface area contributed by atoms with E-state index in [1.807, 2.05) is 24.4 Å². The van der Waals surface area contributed by atoms with E-state index in [1.54, 1.807) is 12.0 Å². The molecule has 10 heavy (non-hydrogen) atoms.